The number of fused-ring (bicyclic) bond motifs is 1. The van der Waals surface area contributed by atoms with Gasteiger partial charge in [0.05, 0.1) is 0 Å². The third kappa shape index (κ3) is 3.58. The average Bonchev–Trinajstić information content (AvgIpc) is 3.10. The van der Waals surface area contributed by atoms with Crippen LogP contribution < -0.4 is 10.2 Å². The molecule has 25 heavy (non-hydrogen) atoms. The van der Waals surface area contributed by atoms with E-state index < -0.39 is 0 Å². The van der Waals surface area contributed by atoms with E-state index in [0.29, 0.717) is 25.1 Å². The van der Waals surface area contributed by atoms with Crippen molar-refractivity contribution in [3.05, 3.63) is 48.2 Å². The summed E-state index contributed by atoms with van der Waals surface area (Å²) in [6, 6.07) is 12.4. The lowest BCUT2D eigenvalue weighted by Gasteiger charge is -2.32. The van der Waals surface area contributed by atoms with Crippen LogP contribution >= 0.6 is 0 Å². The molecule has 130 valence electrons. The van der Waals surface area contributed by atoms with Gasteiger partial charge in [0.1, 0.15) is 11.3 Å². The molecule has 0 amide bonds. The summed E-state index contributed by atoms with van der Waals surface area (Å²) in [5.41, 5.74) is 2.71. The highest BCUT2D eigenvalue weighted by molar-refractivity contribution is 5.74. The number of aliphatic hydroxyl groups is 1. The number of hydrogen-bond donors (Lipinski definition) is 2. The third-order valence-electron chi connectivity index (χ3n) is 4.74. The first-order valence-corrected chi connectivity index (χ1v) is 8.72. The van der Waals surface area contributed by atoms with E-state index in [9.17, 15) is 5.11 Å². The summed E-state index contributed by atoms with van der Waals surface area (Å²) in [4.78, 5) is 11.3. The molecule has 0 saturated carbocycles. The fourth-order valence-corrected chi connectivity index (χ4v) is 3.18. The number of hydrogen-bond acceptors (Lipinski definition) is 6. The highest BCUT2D eigenvalue weighted by atomic mass is 16.4. The van der Waals surface area contributed by atoms with E-state index in [1.807, 2.05) is 30.5 Å². The van der Waals surface area contributed by atoms with Crippen molar-refractivity contribution in [2.24, 2.45) is 5.92 Å². The number of aromatic nitrogens is 2. The third-order valence-corrected chi connectivity index (χ3v) is 4.74. The summed E-state index contributed by atoms with van der Waals surface area (Å²) in [6.45, 7) is 2.83. The van der Waals surface area contributed by atoms with Gasteiger partial charge in [-0.1, -0.05) is 18.2 Å². The molecule has 6 heteroatoms. The van der Waals surface area contributed by atoms with Crippen LogP contribution in [0.2, 0.25) is 0 Å². The van der Waals surface area contributed by atoms with Crippen molar-refractivity contribution >= 4 is 22.9 Å². The van der Waals surface area contributed by atoms with Gasteiger partial charge in [0, 0.05) is 32.4 Å². The lowest BCUT2D eigenvalue weighted by atomic mass is 9.98. The van der Waals surface area contributed by atoms with Gasteiger partial charge in [-0.2, -0.15) is 4.98 Å². The van der Waals surface area contributed by atoms with Gasteiger partial charge in [-0.05, 0) is 42.5 Å². The molecular weight excluding hydrogens is 316 g/mol. The van der Waals surface area contributed by atoms with Gasteiger partial charge in [-0.3, -0.25) is 0 Å². The van der Waals surface area contributed by atoms with Crippen LogP contribution in [0.4, 0.5) is 11.8 Å². The SMILES string of the molecule is OCC1CCN(c2ccc(CNc3nc4ccccc4o3)cn2)CC1. The molecule has 6 nitrogen and oxygen atoms in total. The second-order valence-corrected chi connectivity index (χ2v) is 6.48. The van der Waals surface area contributed by atoms with Crippen molar-refractivity contribution in [3.63, 3.8) is 0 Å². The van der Waals surface area contributed by atoms with Crippen LogP contribution in [-0.2, 0) is 6.54 Å². The first kappa shape index (κ1) is 15.9. The number of rotatable bonds is 5. The monoisotopic (exact) mass is 338 g/mol. The van der Waals surface area contributed by atoms with Crippen LogP contribution in [0.25, 0.3) is 11.1 Å². The molecule has 0 aliphatic carbocycles. The number of anilines is 2. The molecule has 3 aromatic rings. The summed E-state index contributed by atoms with van der Waals surface area (Å²) >= 11 is 0. The number of benzene rings is 1. The van der Waals surface area contributed by atoms with E-state index in [4.69, 9.17) is 4.42 Å². The Bertz CT molecular complexity index is 790. The highest BCUT2D eigenvalue weighted by Gasteiger charge is 2.19. The van der Waals surface area contributed by atoms with E-state index in [1.54, 1.807) is 0 Å². The fraction of sp³-hybridized carbons (Fsp3) is 0.368. The number of para-hydroxylation sites is 2. The van der Waals surface area contributed by atoms with E-state index in [2.05, 4.69) is 32.3 Å². The van der Waals surface area contributed by atoms with Crippen LogP contribution in [0.5, 0.6) is 0 Å². The Labute approximate surface area is 146 Å². The largest absolute Gasteiger partial charge is 0.424 e. The number of nitrogens with one attached hydrogen (secondary N) is 1. The van der Waals surface area contributed by atoms with Crippen LogP contribution in [-0.4, -0.2) is 34.8 Å². The molecule has 2 N–H and O–H groups in total. The Morgan fingerprint density at radius 1 is 1.16 bits per heavy atom. The van der Waals surface area contributed by atoms with Gasteiger partial charge in [0.2, 0.25) is 0 Å². The van der Waals surface area contributed by atoms with Crippen LogP contribution in [0, 0.1) is 5.92 Å². The topological polar surface area (TPSA) is 74.4 Å². The molecule has 2 aromatic heterocycles. The van der Waals surface area contributed by atoms with Gasteiger partial charge in [0.15, 0.2) is 5.58 Å². The maximum absolute atomic E-state index is 9.23. The molecule has 0 radical (unpaired) electrons. The lowest BCUT2D eigenvalue weighted by Crippen LogP contribution is -2.35. The summed E-state index contributed by atoms with van der Waals surface area (Å²) < 4.78 is 5.66. The number of piperidine rings is 1. The Balaban J connectivity index is 1.36. The molecular formula is C19H22N4O2. The maximum atomic E-state index is 9.23. The summed E-state index contributed by atoms with van der Waals surface area (Å²) in [5.74, 6) is 1.44. The molecule has 1 aliphatic heterocycles. The summed E-state index contributed by atoms with van der Waals surface area (Å²) in [5, 5.41) is 12.4. The lowest BCUT2D eigenvalue weighted by molar-refractivity contribution is 0.203. The molecule has 0 spiro atoms. The zero-order valence-electron chi connectivity index (χ0n) is 14.1. The van der Waals surface area contributed by atoms with E-state index in [-0.39, 0.29) is 0 Å². The zero-order chi connectivity index (χ0) is 17.1. The predicted molar refractivity (Wildman–Crippen MR) is 97.6 cm³/mol. The molecule has 3 heterocycles. The average molecular weight is 338 g/mol. The molecule has 0 bridgehead atoms. The minimum atomic E-state index is 0.293. The van der Waals surface area contributed by atoms with Crippen molar-refractivity contribution in [2.45, 2.75) is 19.4 Å². The summed E-state index contributed by atoms with van der Waals surface area (Å²) in [7, 11) is 0. The number of oxazole rings is 1. The van der Waals surface area contributed by atoms with Crippen LogP contribution in [0.3, 0.4) is 0 Å². The van der Waals surface area contributed by atoms with E-state index in [1.165, 1.54) is 0 Å². The quantitative estimate of drug-likeness (QED) is 0.745. The van der Waals surface area contributed by atoms with E-state index >= 15 is 0 Å². The smallest absolute Gasteiger partial charge is 0.295 e. The number of pyridine rings is 1. The van der Waals surface area contributed by atoms with Crippen LogP contribution in [0.15, 0.2) is 47.0 Å². The molecule has 4 rings (SSSR count). The molecule has 1 aliphatic rings. The minimum Gasteiger partial charge on any atom is -0.424 e. The maximum Gasteiger partial charge on any atom is 0.295 e. The van der Waals surface area contributed by atoms with Gasteiger partial charge in [-0.25, -0.2) is 4.98 Å². The summed E-state index contributed by atoms with van der Waals surface area (Å²) in [6.07, 6.45) is 3.95. The first-order valence-electron chi connectivity index (χ1n) is 8.72. The molecule has 1 aromatic carbocycles. The first-order chi connectivity index (χ1) is 12.3. The van der Waals surface area contributed by atoms with Crippen LogP contribution in [0.1, 0.15) is 18.4 Å². The van der Waals surface area contributed by atoms with Crippen molar-refractivity contribution in [2.75, 3.05) is 29.9 Å². The predicted octanol–water partition coefficient (Wildman–Crippen LogP) is 3.04. The van der Waals surface area contributed by atoms with Gasteiger partial charge in [0.25, 0.3) is 6.01 Å². The molecule has 0 atom stereocenters. The normalized spacial score (nSPS) is 15.6. The van der Waals surface area contributed by atoms with Crippen molar-refractivity contribution in [1.29, 1.82) is 0 Å². The Morgan fingerprint density at radius 3 is 2.72 bits per heavy atom. The van der Waals surface area contributed by atoms with Gasteiger partial charge in [-0.15, -0.1) is 0 Å². The standard InChI is InChI=1S/C19H22N4O2/c24-13-14-7-9-23(10-8-14)18-6-5-15(11-20-18)12-21-19-22-16-3-1-2-4-17(16)25-19/h1-6,11,14,24H,7-10,12-13H2,(H,21,22). The Hall–Kier alpha value is -2.60. The van der Waals surface area contributed by atoms with Gasteiger partial charge >= 0.3 is 0 Å². The number of aliphatic hydroxyl groups excluding tert-OH is 1. The number of nitrogens with zero attached hydrogens (tertiary/aromatic N) is 3. The fourth-order valence-electron chi connectivity index (χ4n) is 3.18. The Morgan fingerprint density at radius 2 is 2.00 bits per heavy atom. The van der Waals surface area contributed by atoms with Crippen molar-refractivity contribution in [3.8, 4) is 0 Å². The zero-order valence-corrected chi connectivity index (χ0v) is 14.1. The van der Waals surface area contributed by atoms with Crippen molar-refractivity contribution in [1.82, 2.24) is 9.97 Å². The molecule has 0 unspecified atom stereocenters. The highest BCUT2D eigenvalue weighted by Crippen LogP contribution is 2.22. The van der Waals surface area contributed by atoms with Gasteiger partial charge < -0.3 is 19.7 Å². The molecule has 1 saturated heterocycles. The van der Waals surface area contributed by atoms with Crippen molar-refractivity contribution < 1.29 is 9.52 Å². The Kier molecular flexibility index (Phi) is 4.52. The minimum absolute atomic E-state index is 0.293. The van der Waals surface area contributed by atoms with E-state index in [0.717, 1.165) is 48.4 Å². The second-order valence-electron chi connectivity index (χ2n) is 6.48. The molecule has 1 fully saturated rings. The second kappa shape index (κ2) is 7.11.